The normalized spacial score (nSPS) is 19.2. The van der Waals surface area contributed by atoms with E-state index in [0.29, 0.717) is 25.4 Å². The van der Waals surface area contributed by atoms with E-state index in [0.717, 1.165) is 18.2 Å². The van der Waals surface area contributed by atoms with Crippen LogP contribution in [0.3, 0.4) is 0 Å². The number of ether oxygens (including phenoxy) is 2. The van der Waals surface area contributed by atoms with Crippen molar-refractivity contribution >= 4 is 15.9 Å². The fourth-order valence-corrected chi connectivity index (χ4v) is 2.63. The summed E-state index contributed by atoms with van der Waals surface area (Å²) in [5.74, 6) is -0.204. The van der Waals surface area contributed by atoms with E-state index in [1.165, 1.54) is 6.07 Å². The lowest BCUT2D eigenvalue weighted by Crippen LogP contribution is -2.40. The van der Waals surface area contributed by atoms with Gasteiger partial charge < -0.3 is 9.47 Å². The van der Waals surface area contributed by atoms with Gasteiger partial charge in [0, 0.05) is 36.9 Å². The van der Waals surface area contributed by atoms with E-state index < -0.39 is 0 Å². The van der Waals surface area contributed by atoms with Crippen LogP contribution in [-0.2, 0) is 16.1 Å². The summed E-state index contributed by atoms with van der Waals surface area (Å²) in [5.41, 5.74) is 0.403. The first-order valence-corrected chi connectivity index (χ1v) is 6.89. The van der Waals surface area contributed by atoms with Crippen LogP contribution in [0.15, 0.2) is 24.3 Å². The van der Waals surface area contributed by atoms with Crippen LogP contribution in [0.2, 0.25) is 0 Å². The molecule has 4 heteroatoms. The first-order chi connectivity index (χ1) is 8.26. The maximum Gasteiger partial charge on any atom is 0.128 e. The largest absolute Gasteiger partial charge is 0.381 e. The number of benzene rings is 1. The predicted molar refractivity (Wildman–Crippen MR) is 67.8 cm³/mol. The summed E-state index contributed by atoms with van der Waals surface area (Å²) >= 11 is 3.49. The zero-order valence-corrected chi connectivity index (χ0v) is 11.2. The Morgan fingerprint density at radius 2 is 2.00 bits per heavy atom. The molecule has 0 aliphatic carbocycles. The second-order valence-electron chi connectivity index (χ2n) is 4.31. The molecule has 0 atom stereocenters. The fourth-order valence-electron chi connectivity index (χ4n) is 1.91. The van der Waals surface area contributed by atoms with Crippen molar-refractivity contribution in [2.45, 2.75) is 25.0 Å². The summed E-state index contributed by atoms with van der Waals surface area (Å²) < 4.78 is 24.7. The Balaban J connectivity index is 1.98. The summed E-state index contributed by atoms with van der Waals surface area (Å²) in [6, 6.07) is 6.74. The van der Waals surface area contributed by atoms with Gasteiger partial charge in [0.15, 0.2) is 0 Å². The molecule has 2 rings (SSSR count). The zero-order chi connectivity index (χ0) is 12.1. The van der Waals surface area contributed by atoms with Crippen LogP contribution < -0.4 is 0 Å². The Kier molecular flexibility index (Phi) is 4.54. The van der Waals surface area contributed by atoms with Crippen LogP contribution in [0.1, 0.15) is 18.4 Å². The smallest absolute Gasteiger partial charge is 0.128 e. The Labute approximate surface area is 109 Å². The van der Waals surface area contributed by atoms with E-state index in [4.69, 9.17) is 9.47 Å². The lowest BCUT2D eigenvalue weighted by atomic mass is 9.96. The van der Waals surface area contributed by atoms with Gasteiger partial charge in [0.25, 0.3) is 0 Å². The van der Waals surface area contributed by atoms with E-state index in [1.807, 2.05) is 6.07 Å². The van der Waals surface area contributed by atoms with Crippen molar-refractivity contribution in [1.29, 1.82) is 0 Å². The second kappa shape index (κ2) is 5.94. The molecule has 0 N–H and O–H groups in total. The molecule has 1 aliphatic rings. The number of rotatable bonds is 4. The standard InChI is InChI=1S/C13H16BrFO2/c14-10-13(5-7-16-8-6-13)17-9-11-3-1-2-4-12(11)15/h1-4H,5-10H2. The van der Waals surface area contributed by atoms with Crippen LogP contribution in [0.25, 0.3) is 0 Å². The van der Waals surface area contributed by atoms with E-state index in [9.17, 15) is 4.39 Å². The molecule has 0 unspecified atom stereocenters. The molecule has 1 fully saturated rings. The molecule has 1 heterocycles. The molecule has 0 spiro atoms. The summed E-state index contributed by atoms with van der Waals surface area (Å²) in [5, 5.41) is 0.762. The molecule has 0 amide bonds. The number of alkyl halides is 1. The van der Waals surface area contributed by atoms with Crippen molar-refractivity contribution in [3.05, 3.63) is 35.6 Å². The van der Waals surface area contributed by atoms with E-state index in [1.54, 1.807) is 12.1 Å². The third-order valence-electron chi connectivity index (χ3n) is 3.14. The van der Waals surface area contributed by atoms with Crippen molar-refractivity contribution < 1.29 is 13.9 Å². The van der Waals surface area contributed by atoms with Gasteiger partial charge in [0.2, 0.25) is 0 Å². The summed E-state index contributed by atoms with van der Waals surface area (Å²) in [6.45, 7) is 1.74. The summed E-state index contributed by atoms with van der Waals surface area (Å²) in [4.78, 5) is 0. The molecule has 2 nitrogen and oxygen atoms in total. The highest BCUT2D eigenvalue weighted by Gasteiger charge is 2.32. The van der Waals surface area contributed by atoms with Crippen LogP contribution >= 0.6 is 15.9 Å². The second-order valence-corrected chi connectivity index (χ2v) is 4.87. The molecule has 94 valence electrons. The molecule has 17 heavy (non-hydrogen) atoms. The maximum atomic E-state index is 13.5. The molecule has 0 aromatic heterocycles. The quantitative estimate of drug-likeness (QED) is 0.795. The Hall–Kier alpha value is -0.450. The average Bonchev–Trinajstić information content (AvgIpc) is 2.39. The first-order valence-electron chi connectivity index (χ1n) is 5.77. The molecule has 0 radical (unpaired) electrons. The highest BCUT2D eigenvalue weighted by atomic mass is 79.9. The van der Waals surface area contributed by atoms with Crippen molar-refractivity contribution in [2.24, 2.45) is 0 Å². The molecular weight excluding hydrogens is 287 g/mol. The lowest BCUT2D eigenvalue weighted by molar-refractivity contribution is -0.103. The van der Waals surface area contributed by atoms with E-state index in [2.05, 4.69) is 15.9 Å². The van der Waals surface area contributed by atoms with Crippen LogP contribution in [0, 0.1) is 5.82 Å². The summed E-state index contributed by atoms with van der Waals surface area (Å²) in [7, 11) is 0. The molecule has 1 aromatic rings. The Bertz CT molecular complexity index is 364. The van der Waals surface area contributed by atoms with Crippen molar-refractivity contribution in [3.8, 4) is 0 Å². The van der Waals surface area contributed by atoms with Gasteiger partial charge in [-0.3, -0.25) is 0 Å². The number of halogens is 2. The predicted octanol–water partition coefficient (Wildman–Crippen LogP) is 3.29. The monoisotopic (exact) mass is 302 g/mol. The maximum absolute atomic E-state index is 13.5. The lowest BCUT2D eigenvalue weighted by Gasteiger charge is -2.35. The molecule has 1 saturated heterocycles. The van der Waals surface area contributed by atoms with Crippen molar-refractivity contribution in [2.75, 3.05) is 18.5 Å². The highest BCUT2D eigenvalue weighted by Crippen LogP contribution is 2.28. The van der Waals surface area contributed by atoms with Crippen LogP contribution in [0.5, 0.6) is 0 Å². The topological polar surface area (TPSA) is 18.5 Å². The fraction of sp³-hybridized carbons (Fsp3) is 0.538. The minimum atomic E-state index is -0.208. The van der Waals surface area contributed by atoms with E-state index >= 15 is 0 Å². The third-order valence-corrected chi connectivity index (χ3v) is 4.16. The van der Waals surface area contributed by atoms with Gasteiger partial charge in [-0.25, -0.2) is 4.39 Å². The van der Waals surface area contributed by atoms with Gasteiger partial charge >= 0.3 is 0 Å². The zero-order valence-electron chi connectivity index (χ0n) is 9.62. The minimum Gasteiger partial charge on any atom is -0.381 e. The number of hydrogen-bond donors (Lipinski definition) is 0. The van der Waals surface area contributed by atoms with Gasteiger partial charge in [0.05, 0.1) is 12.2 Å². The molecular formula is C13H16BrFO2. The van der Waals surface area contributed by atoms with Gasteiger partial charge in [0.1, 0.15) is 5.82 Å². The first kappa shape index (κ1) is 13.0. The van der Waals surface area contributed by atoms with Gasteiger partial charge in [-0.1, -0.05) is 34.1 Å². The summed E-state index contributed by atoms with van der Waals surface area (Å²) in [6.07, 6.45) is 1.71. The average molecular weight is 303 g/mol. The van der Waals surface area contributed by atoms with Crippen molar-refractivity contribution in [3.63, 3.8) is 0 Å². The van der Waals surface area contributed by atoms with Crippen LogP contribution in [0.4, 0.5) is 4.39 Å². The number of hydrogen-bond acceptors (Lipinski definition) is 2. The van der Waals surface area contributed by atoms with Crippen LogP contribution in [-0.4, -0.2) is 24.1 Å². The van der Waals surface area contributed by atoms with Crippen molar-refractivity contribution in [1.82, 2.24) is 0 Å². The van der Waals surface area contributed by atoms with Gasteiger partial charge in [-0.2, -0.15) is 0 Å². The minimum absolute atomic E-state index is 0.204. The highest BCUT2D eigenvalue weighted by molar-refractivity contribution is 9.09. The van der Waals surface area contributed by atoms with E-state index in [-0.39, 0.29) is 11.4 Å². The molecule has 1 aromatic carbocycles. The van der Waals surface area contributed by atoms with Gasteiger partial charge in [-0.15, -0.1) is 0 Å². The molecule has 1 aliphatic heterocycles. The van der Waals surface area contributed by atoms with Gasteiger partial charge in [-0.05, 0) is 6.07 Å². The Morgan fingerprint density at radius 1 is 1.29 bits per heavy atom. The SMILES string of the molecule is Fc1ccccc1COC1(CBr)CCOCC1. The Morgan fingerprint density at radius 3 is 2.65 bits per heavy atom. The molecule has 0 bridgehead atoms. The molecule has 0 saturated carbocycles. The third kappa shape index (κ3) is 3.27.